The van der Waals surface area contributed by atoms with Crippen molar-refractivity contribution in [3.63, 3.8) is 0 Å². The van der Waals surface area contributed by atoms with Crippen LogP contribution < -0.4 is 5.73 Å². The lowest BCUT2D eigenvalue weighted by atomic mass is 10.1. The molecule has 3 N–H and O–H groups in total. The van der Waals surface area contributed by atoms with Gasteiger partial charge in [0.1, 0.15) is 11.6 Å². The van der Waals surface area contributed by atoms with Gasteiger partial charge < -0.3 is 5.73 Å². The van der Waals surface area contributed by atoms with Gasteiger partial charge in [-0.2, -0.15) is 18.3 Å². The molecule has 0 spiro atoms. The van der Waals surface area contributed by atoms with Crippen molar-refractivity contribution in [3.8, 4) is 11.4 Å². The van der Waals surface area contributed by atoms with E-state index in [9.17, 15) is 17.6 Å². The van der Waals surface area contributed by atoms with E-state index in [1.807, 2.05) is 0 Å². The Morgan fingerprint density at radius 1 is 1.28 bits per heavy atom. The molecule has 18 heavy (non-hydrogen) atoms. The molecular weight excluding hydrogens is 252 g/mol. The van der Waals surface area contributed by atoms with Crippen LogP contribution in [0.5, 0.6) is 0 Å². The van der Waals surface area contributed by atoms with Crippen molar-refractivity contribution >= 4 is 0 Å². The standard InChI is InChI=1S/C10H8F4N4/c11-5-1-2-6(7(3-5)10(12,13)14)9-16-8(4-15)17-18-9/h1-3H,4,15H2,(H,16,17,18). The van der Waals surface area contributed by atoms with Crippen LogP contribution in [0.15, 0.2) is 18.2 Å². The second-order valence-corrected chi connectivity index (χ2v) is 3.50. The highest BCUT2D eigenvalue weighted by Crippen LogP contribution is 2.36. The summed E-state index contributed by atoms with van der Waals surface area (Å²) in [4.78, 5) is 3.79. The van der Waals surface area contributed by atoms with Crippen molar-refractivity contribution in [2.45, 2.75) is 12.7 Å². The highest BCUT2D eigenvalue weighted by molar-refractivity contribution is 5.61. The molecule has 0 atom stereocenters. The molecule has 0 fully saturated rings. The normalized spacial score (nSPS) is 11.8. The van der Waals surface area contributed by atoms with Gasteiger partial charge in [0.2, 0.25) is 0 Å². The number of rotatable bonds is 2. The lowest BCUT2D eigenvalue weighted by Crippen LogP contribution is -2.08. The van der Waals surface area contributed by atoms with Gasteiger partial charge in [-0.25, -0.2) is 9.37 Å². The largest absolute Gasteiger partial charge is 0.417 e. The lowest BCUT2D eigenvalue weighted by molar-refractivity contribution is -0.137. The Morgan fingerprint density at radius 2 is 2.00 bits per heavy atom. The van der Waals surface area contributed by atoms with E-state index in [4.69, 9.17) is 5.73 Å². The van der Waals surface area contributed by atoms with Gasteiger partial charge in [-0.3, -0.25) is 5.10 Å². The summed E-state index contributed by atoms with van der Waals surface area (Å²) in [5.41, 5.74) is 3.86. The minimum atomic E-state index is -4.68. The fraction of sp³-hybridized carbons (Fsp3) is 0.200. The monoisotopic (exact) mass is 260 g/mol. The first kappa shape index (κ1) is 12.5. The quantitative estimate of drug-likeness (QED) is 0.812. The molecule has 1 aromatic carbocycles. The molecule has 2 rings (SSSR count). The number of benzene rings is 1. The average Bonchev–Trinajstić information content (AvgIpc) is 2.76. The van der Waals surface area contributed by atoms with Crippen LogP contribution in [0, 0.1) is 5.82 Å². The third-order valence-corrected chi connectivity index (χ3v) is 2.25. The summed E-state index contributed by atoms with van der Waals surface area (Å²) in [5, 5.41) is 6.02. The molecule has 0 bridgehead atoms. The second kappa shape index (κ2) is 4.37. The highest BCUT2D eigenvalue weighted by atomic mass is 19.4. The van der Waals surface area contributed by atoms with Crippen LogP contribution in [0.2, 0.25) is 0 Å². The molecule has 2 aromatic rings. The number of hydrogen-bond acceptors (Lipinski definition) is 3. The molecule has 4 nitrogen and oxygen atoms in total. The molecule has 0 aliphatic heterocycles. The maximum Gasteiger partial charge on any atom is 0.417 e. The maximum atomic E-state index is 12.9. The van der Waals surface area contributed by atoms with Gasteiger partial charge in [-0.1, -0.05) is 0 Å². The smallest absolute Gasteiger partial charge is 0.324 e. The first-order valence-electron chi connectivity index (χ1n) is 4.90. The Kier molecular flexibility index (Phi) is 3.04. The number of hydrogen-bond donors (Lipinski definition) is 2. The van der Waals surface area contributed by atoms with Crippen molar-refractivity contribution in [1.82, 2.24) is 15.2 Å². The molecule has 8 heteroatoms. The minimum Gasteiger partial charge on any atom is -0.324 e. The first-order valence-corrected chi connectivity index (χ1v) is 4.90. The van der Waals surface area contributed by atoms with E-state index in [-0.39, 0.29) is 23.8 Å². The number of aromatic nitrogens is 3. The van der Waals surface area contributed by atoms with Gasteiger partial charge in [-0.05, 0) is 18.2 Å². The molecule has 0 saturated carbocycles. The molecule has 0 aliphatic carbocycles. The Morgan fingerprint density at radius 3 is 2.56 bits per heavy atom. The van der Waals surface area contributed by atoms with Crippen molar-refractivity contribution < 1.29 is 17.6 Å². The first-order chi connectivity index (χ1) is 8.41. The molecular formula is C10H8F4N4. The van der Waals surface area contributed by atoms with Crippen LogP contribution in [-0.2, 0) is 12.7 Å². The summed E-state index contributed by atoms with van der Waals surface area (Å²) in [7, 11) is 0. The second-order valence-electron chi connectivity index (χ2n) is 3.50. The third kappa shape index (κ3) is 2.33. The van der Waals surface area contributed by atoms with E-state index >= 15 is 0 Å². The van der Waals surface area contributed by atoms with Crippen molar-refractivity contribution in [2.24, 2.45) is 5.73 Å². The fourth-order valence-electron chi connectivity index (χ4n) is 1.45. The van der Waals surface area contributed by atoms with Crippen molar-refractivity contribution in [1.29, 1.82) is 0 Å². The molecule has 96 valence electrons. The Bertz CT molecular complexity index is 561. The number of nitrogens with two attached hydrogens (primary N) is 1. The van der Waals surface area contributed by atoms with E-state index in [0.29, 0.717) is 6.07 Å². The van der Waals surface area contributed by atoms with Gasteiger partial charge in [0.15, 0.2) is 5.82 Å². The number of halogens is 4. The zero-order valence-electron chi connectivity index (χ0n) is 8.92. The van der Waals surface area contributed by atoms with E-state index in [1.54, 1.807) is 0 Å². The molecule has 0 aliphatic rings. The number of H-pyrrole nitrogens is 1. The molecule has 0 saturated heterocycles. The Hall–Kier alpha value is -1.96. The van der Waals surface area contributed by atoms with Crippen LogP contribution in [0.3, 0.4) is 0 Å². The van der Waals surface area contributed by atoms with Gasteiger partial charge >= 0.3 is 6.18 Å². The predicted octanol–water partition coefficient (Wildman–Crippen LogP) is 2.09. The number of nitrogens with zero attached hydrogens (tertiary/aromatic N) is 2. The predicted molar refractivity (Wildman–Crippen MR) is 54.7 cm³/mol. The summed E-state index contributed by atoms with van der Waals surface area (Å²) in [5.74, 6) is -0.883. The van der Waals surface area contributed by atoms with Crippen LogP contribution in [0.1, 0.15) is 11.4 Å². The van der Waals surface area contributed by atoms with Crippen LogP contribution in [0.25, 0.3) is 11.4 Å². The summed E-state index contributed by atoms with van der Waals surface area (Å²) >= 11 is 0. The number of alkyl halides is 3. The highest BCUT2D eigenvalue weighted by Gasteiger charge is 2.35. The van der Waals surface area contributed by atoms with Gasteiger partial charge in [0, 0.05) is 5.56 Å². The summed E-state index contributed by atoms with van der Waals surface area (Å²) in [6.07, 6.45) is -4.68. The zero-order chi connectivity index (χ0) is 13.3. The molecule has 0 amide bonds. The SMILES string of the molecule is NCc1nc(-c2ccc(F)cc2C(F)(F)F)n[nH]1. The van der Waals surface area contributed by atoms with E-state index in [2.05, 4.69) is 15.2 Å². The van der Waals surface area contributed by atoms with Gasteiger partial charge in [0.25, 0.3) is 0 Å². The van der Waals surface area contributed by atoms with E-state index < -0.39 is 17.6 Å². The molecule has 0 unspecified atom stereocenters. The summed E-state index contributed by atoms with van der Waals surface area (Å²) < 4.78 is 51.1. The number of nitrogens with one attached hydrogen (secondary N) is 1. The van der Waals surface area contributed by atoms with Gasteiger partial charge in [0.05, 0.1) is 12.1 Å². The van der Waals surface area contributed by atoms with Crippen LogP contribution in [0.4, 0.5) is 17.6 Å². The minimum absolute atomic E-state index is 0.0234. The average molecular weight is 260 g/mol. The topological polar surface area (TPSA) is 67.6 Å². The summed E-state index contributed by atoms with van der Waals surface area (Å²) in [6.45, 7) is 0.0234. The Balaban J connectivity index is 2.56. The van der Waals surface area contributed by atoms with Gasteiger partial charge in [-0.15, -0.1) is 0 Å². The molecule has 1 aromatic heterocycles. The zero-order valence-corrected chi connectivity index (χ0v) is 8.92. The van der Waals surface area contributed by atoms with Crippen LogP contribution in [-0.4, -0.2) is 15.2 Å². The Labute approximate surface area is 98.8 Å². The van der Waals surface area contributed by atoms with Crippen molar-refractivity contribution in [3.05, 3.63) is 35.4 Å². The molecule has 0 radical (unpaired) electrons. The van der Waals surface area contributed by atoms with Crippen LogP contribution >= 0.6 is 0 Å². The lowest BCUT2D eigenvalue weighted by Gasteiger charge is -2.10. The fourth-order valence-corrected chi connectivity index (χ4v) is 1.45. The number of aromatic amines is 1. The summed E-state index contributed by atoms with van der Waals surface area (Å²) in [6, 6.07) is 2.32. The maximum absolute atomic E-state index is 12.9. The third-order valence-electron chi connectivity index (χ3n) is 2.25. The molecule has 1 heterocycles. The van der Waals surface area contributed by atoms with E-state index in [1.165, 1.54) is 0 Å². The van der Waals surface area contributed by atoms with E-state index in [0.717, 1.165) is 12.1 Å². The van der Waals surface area contributed by atoms with Crippen molar-refractivity contribution in [2.75, 3.05) is 0 Å².